The first kappa shape index (κ1) is 35.8. The number of amides is 3. The van der Waals surface area contributed by atoms with Crippen molar-refractivity contribution in [2.45, 2.75) is 55.9 Å². The summed E-state index contributed by atoms with van der Waals surface area (Å²) in [6.07, 6.45) is 6.54. The van der Waals surface area contributed by atoms with Crippen molar-refractivity contribution in [2.75, 3.05) is 68.9 Å². The van der Waals surface area contributed by atoms with E-state index in [9.17, 15) is 14.4 Å². The number of fused-ring (bicyclic) bond motifs is 2. The molecule has 4 aromatic rings. The lowest BCUT2D eigenvalue weighted by Gasteiger charge is -2.38. The van der Waals surface area contributed by atoms with Crippen LogP contribution in [-0.4, -0.2) is 101 Å². The summed E-state index contributed by atoms with van der Waals surface area (Å²) in [5.74, 6) is 2.29. The number of ether oxygens (including phenoxy) is 2. The van der Waals surface area contributed by atoms with E-state index in [0.29, 0.717) is 58.9 Å². The second-order valence-electron chi connectivity index (χ2n) is 14.8. The lowest BCUT2D eigenvalue weighted by Crippen LogP contribution is -2.49. The predicted octanol–water partition coefficient (Wildman–Crippen LogP) is 4.81. The number of likely N-dealkylation sites (tertiary alicyclic amines) is 1. The zero-order chi connectivity index (χ0) is 36.5. The van der Waals surface area contributed by atoms with Crippen LogP contribution in [0, 0.1) is 17.7 Å². The van der Waals surface area contributed by atoms with Gasteiger partial charge in [-0.25, -0.2) is 14.2 Å². The third-order valence-electron chi connectivity index (χ3n) is 11.2. The molecule has 0 aliphatic carbocycles. The Labute approximate surface area is 311 Å². The monoisotopic (exact) mass is 746 g/mol. The van der Waals surface area contributed by atoms with Crippen molar-refractivity contribution < 1.29 is 23.5 Å². The summed E-state index contributed by atoms with van der Waals surface area (Å²) < 4.78 is 28.4. The SMILES string of the molecule is Cn1nc(N2CCC(=O)NC2=O)c2ccc(N3CCC(CN4CCC(COc5cc(F)c6c(=O)[nH]c(CSC7CCOCC7)nc6c5)CC4)CC3)cc21. The van der Waals surface area contributed by atoms with E-state index < -0.39 is 17.4 Å². The molecule has 2 aromatic heterocycles. The molecule has 0 bridgehead atoms. The molecule has 4 fully saturated rings. The average molecular weight is 747 g/mol. The highest BCUT2D eigenvalue weighted by atomic mass is 32.2. The number of carbonyl (C=O) groups is 2. The van der Waals surface area contributed by atoms with Gasteiger partial charge in [0.1, 0.15) is 22.8 Å². The third kappa shape index (κ3) is 8.02. The summed E-state index contributed by atoms with van der Waals surface area (Å²) in [6, 6.07) is 8.88. The van der Waals surface area contributed by atoms with Gasteiger partial charge in [-0.1, -0.05) is 0 Å². The first-order valence-electron chi connectivity index (χ1n) is 18.9. The molecule has 0 spiro atoms. The Balaban J connectivity index is 0.800. The number of aromatic nitrogens is 4. The Bertz CT molecular complexity index is 2030. The summed E-state index contributed by atoms with van der Waals surface area (Å²) in [4.78, 5) is 50.7. The van der Waals surface area contributed by atoms with Gasteiger partial charge in [0.05, 0.1) is 23.4 Å². The van der Waals surface area contributed by atoms with E-state index in [0.717, 1.165) is 101 Å². The molecule has 15 heteroatoms. The van der Waals surface area contributed by atoms with E-state index in [2.05, 4.69) is 42.3 Å². The van der Waals surface area contributed by atoms with Gasteiger partial charge in [-0.05, 0) is 81.6 Å². The normalized spacial score (nSPS) is 20.1. The number of thioether (sulfide) groups is 1. The minimum absolute atomic E-state index is 0.0234. The smallest absolute Gasteiger partial charge is 0.329 e. The van der Waals surface area contributed by atoms with Crippen LogP contribution < -0.4 is 25.4 Å². The van der Waals surface area contributed by atoms with E-state index in [-0.39, 0.29) is 17.7 Å². The van der Waals surface area contributed by atoms with E-state index in [1.165, 1.54) is 6.07 Å². The molecule has 282 valence electrons. The number of piperidine rings is 2. The summed E-state index contributed by atoms with van der Waals surface area (Å²) in [7, 11) is 1.89. The predicted molar refractivity (Wildman–Crippen MR) is 203 cm³/mol. The van der Waals surface area contributed by atoms with Crippen LogP contribution in [-0.2, 0) is 22.3 Å². The number of anilines is 2. The molecule has 3 amide bonds. The number of aryl methyl sites for hydroxylation is 1. The number of halogens is 1. The number of hydrogen-bond acceptors (Lipinski definition) is 10. The number of hydrogen-bond donors (Lipinski definition) is 2. The minimum atomic E-state index is -0.606. The van der Waals surface area contributed by atoms with Gasteiger partial charge in [0.15, 0.2) is 5.82 Å². The average Bonchev–Trinajstić information content (AvgIpc) is 3.49. The molecule has 0 saturated carbocycles. The van der Waals surface area contributed by atoms with Gasteiger partial charge in [-0.2, -0.15) is 16.9 Å². The van der Waals surface area contributed by atoms with Crippen LogP contribution >= 0.6 is 11.8 Å². The first-order valence-corrected chi connectivity index (χ1v) is 19.9. The van der Waals surface area contributed by atoms with Crippen LogP contribution in [0.5, 0.6) is 5.75 Å². The summed E-state index contributed by atoms with van der Waals surface area (Å²) in [6.45, 7) is 7.47. The first-order chi connectivity index (χ1) is 25.8. The maximum Gasteiger partial charge on any atom is 0.329 e. The number of urea groups is 1. The van der Waals surface area contributed by atoms with Crippen LogP contribution in [0.2, 0.25) is 0 Å². The highest BCUT2D eigenvalue weighted by Gasteiger charge is 2.29. The molecule has 0 radical (unpaired) electrons. The number of benzene rings is 2. The Morgan fingerprint density at radius 3 is 2.51 bits per heavy atom. The highest BCUT2D eigenvalue weighted by molar-refractivity contribution is 7.99. The topological polar surface area (TPSA) is 138 Å². The molecule has 6 heterocycles. The third-order valence-corrected chi connectivity index (χ3v) is 12.6. The lowest BCUT2D eigenvalue weighted by atomic mass is 9.93. The number of H-pyrrole nitrogens is 1. The Morgan fingerprint density at radius 1 is 0.962 bits per heavy atom. The molecule has 4 aliphatic rings. The van der Waals surface area contributed by atoms with Gasteiger partial charge in [0.2, 0.25) is 5.91 Å². The highest BCUT2D eigenvalue weighted by Crippen LogP contribution is 2.33. The molecule has 4 aliphatic heterocycles. The van der Waals surface area contributed by atoms with E-state index in [1.54, 1.807) is 22.7 Å². The quantitative estimate of drug-likeness (QED) is 0.233. The number of imide groups is 1. The largest absolute Gasteiger partial charge is 0.493 e. The molecule has 2 aromatic carbocycles. The molecular weight excluding hydrogens is 700 g/mol. The fourth-order valence-corrected chi connectivity index (χ4v) is 9.17. The van der Waals surface area contributed by atoms with E-state index in [4.69, 9.17) is 9.47 Å². The van der Waals surface area contributed by atoms with Crippen molar-refractivity contribution in [3.8, 4) is 5.75 Å². The van der Waals surface area contributed by atoms with Crippen molar-refractivity contribution in [1.29, 1.82) is 0 Å². The molecule has 2 N–H and O–H groups in total. The minimum Gasteiger partial charge on any atom is -0.493 e. The van der Waals surface area contributed by atoms with E-state index >= 15 is 4.39 Å². The van der Waals surface area contributed by atoms with Crippen LogP contribution in [0.4, 0.5) is 20.7 Å². The number of carbonyl (C=O) groups excluding carboxylic acids is 2. The van der Waals surface area contributed by atoms with Gasteiger partial charge >= 0.3 is 6.03 Å². The standard InChI is InChI=1S/C38H47FN8O5S/c1-44-32-18-26(2-3-29(32)36(43-44)47-15-8-34(48)42-38(47)50)46-13-6-24(7-14-46)21-45-11-4-25(5-12-45)22-52-27-19-30(39)35-31(20-27)40-33(41-37(35)49)23-53-28-9-16-51-17-10-28/h2-3,18-20,24-25,28H,4-17,21-23H2,1H3,(H,40,41,49)(H,42,48,50). The molecular formula is C38H47FN8O5S. The molecule has 53 heavy (non-hydrogen) atoms. The zero-order valence-corrected chi connectivity index (χ0v) is 31.0. The van der Waals surface area contributed by atoms with Crippen molar-refractivity contribution in [3.05, 3.63) is 52.3 Å². The summed E-state index contributed by atoms with van der Waals surface area (Å²) in [5, 5.41) is 8.36. The van der Waals surface area contributed by atoms with E-state index in [1.807, 2.05) is 17.8 Å². The van der Waals surface area contributed by atoms with Crippen LogP contribution in [0.15, 0.2) is 35.1 Å². The van der Waals surface area contributed by atoms with Gasteiger partial charge < -0.3 is 24.3 Å². The number of nitrogens with zero attached hydrogens (tertiary/aromatic N) is 6. The number of aromatic amines is 1. The van der Waals surface area contributed by atoms with Gasteiger partial charge in [0, 0.05) is 81.3 Å². The fraction of sp³-hybridized carbons (Fsp3) is 0.553. The van der Waals surface area contributed by atoms with Crippen LogP contribution in [0.3, 0.4) is 0 Å². The fourth-order valence-electron chi connectivity index (χ4n) is 8.12. The van der Waals surface area contributed by atoms with Crippen molar-refractivity contribution in [3.63, 3.8) is 0 Å². The van der Waals surface area contributed by atoms with Gasteiger partial charge in [0.25, 0.3) is 5.56 Å². The molecule has 0 atom stereocenters. The maximum atomic E-state index is 15.0. The lowest BCUT2D eigenvalue weighted by molar-refractivity contribution is -0.120. The van der Waals surface area contributed by atoms with Crippen molar-refractivity contribution >= 4 is 57.0 Å². The van der Waals surface area contributed by atoms with Crippen molar-refractivity contribution in [2.24, 2.45) is 18.9 Å². The summed E-state index contributed by atoms with van der Waals surface area (Å²) in [5.41, 5.74) is 2.00. The maximum absolute atomic E-state index is 15.0. The van der Waals surface area contributed by atoms with Gasteiger partial charge in [-0.3, -0.25) is 24.5 Å². The van der Waals surface area contributed by atoms with Crippen LogP contribution in [0.1, 0.15) is 50.8 Å². The Kier molecular flexibility index (Phi) is 10.6. The second kappa shape index (κ2) is 15.6. The molecule has 13 nitrogen and oxygen atoms in total. The molecule has 0 unspecified atom stereocenters. The Hall–Kier alpha value is -4.21. The van der Waals surface area contributed by atoms with Crippen molar-refractivity contribution in [1.82, 2.24) is 30.0 Å². The molecule has 4 saturated heterocycles. The molecule has 8 rings (SSSR count). The number of nitrogens with one attached hydrogen (secondary N) is 2. The summed E-state index contributed by atoms with van der Waals surface area (Å²) >= 11 is 1.76. The second-order valence-corrected chi connectivity index (χ2v) is 16.1. The number of rotatable bonds is 10. The Morgan fingerprint density at radius 2 is 1.74 bits per heavy atom. The van der Waals surface area contributed by atoms with Gasteiger partial charge in [-0.15, -0.1) is 0 Å². The van der Waals surface area contributed by atoms with Crippen LogP contribution in [0.25, 0.3) is 21.8 Å². The zero-order valence-electron chi connectivity index (χ0n) is 30.2.